The second kappa shape index (κ2) is 1.58. The minimum Gasteiger partial charge on any atom is -0.317 e. The van der Waals surface area contributed by atoms with E-state index in [0.29, 0.717) is 6.04 Å². The molecule has 1 aliphatic carbocycles. The molecule has 0 aliphatic heterocycles. The zero-order chi connectivity index (χ0) is 4.41. The highest BCUT2D eigenvalue weighted by molar-refractivity contribution is 4.71. The molecule has 0 heterocycles. The summed E-state index contributed by atoms with van der Waals surface area (Å²) in [4.78, 5) is 0. The van der Waals surface area contributed by atoms with E-state index in [1.807, 2.05) is 0 Å². The second-order valence-electron chi connectivity index (χ2n) is 1.76. The maximum absolute atomic E-state index is 8.14. The van der Waals surface area contributed by atoms with Gasteiger partial charge in [-0.05, 0) is 12.8 Å². The van der Waals surface area contributed by atoms with E-state index in [9.17, 15) is 0 Å². The predicted molar refractivity (Wildman–Crippen MR) is 22.6 cm³/mol. The van der Waals surface area contributed by atoms with Gasteiger partial charge >= 0.3 is 0 Å². The summed E-state index contributed by atoms with van der Waals surface area (Å²) in [6.07, 6.45) is 3.57. The van der Waals surface area contributed by atoms with E-state index >= 15 is 0 Å². The number of hydrogen-bond acceptors (Lipinski definition) is 2. The molecule has 0 amide bonds. The first kappa shape index (κ1) is 4.09. The van der Waals surface area contributed by atoms with Crippen LogP contribution in [0, 0.1) is 0 Å². The van der Waals surface area contributed by atoms with Gasteiger partial charge in [-0.2, -0.15) is 0 Å². The van der Waals surface area contributed by atoms with Crippen molar-refractivity contribution >= 4 is 0 Å². The Bertz CT molecular complexity index is 40.1. The third-order valence-electron chi connectivity index (χ3n) is 1.29. The normalized spacial score (nSPS) is 23.5. The lowest BCUT2D eigenvalue weighted by atomic mass is 9.94. The summed E-state index contributed by atoms with van der Waals surface area (Å²) in [6.45, 7) is 0. The lowest BCUT2D eigenvalue weighted by Gasteiger charge is -2.22. The standard InChI is InChI=1S/C4H9NO/c6-5-4-2-1-3-4/h4-6H,1-3H2. The van der Waals surface area contributed by atoms with Crippen LogP contribution in [0.15, 0.2) is 0 Å². The van der Waals surface area contributed by atoms with Crippen LogP contribution in [0.1, 0.15) is 19.3 Å². The van der Waals surface area contributed by atoms with Crippen LogP contribution in [-0.4, -0.2) is 11.2 Å². The Morgan fingerprint density at radius 3 is 2.17 bits per heavy atom. The van der Waals surface area contributed by atoms with Crippen LogP contribution in [0.2, 0.25) is 0 Å². The predicted octanol–water partition coefficient (Wildman–Crippen LogP) is 0.518. The van der Waals surface area contributed by atoms with Crippen LogP contribution in [0.4, 0.5) is 0 Å². The molecular formula is C4H9NO. The van der Waals surface area contributed by atoms with Crippen molar-refractivity contribution in [1.82, 2.24) is 5.48 Å². The molecule has 1 fully saturated rings. The summed E-state index contributed by atoms with van der Waals surface area (Å²) in [6, 6.07) is 0.421. The largest absolute Gasteiger partial charge is 0.317 e. The van der Waals surface area contributed by atoms with E-state index in [1.54, 1.807) is 0 Å². The molecule has 0 aromatic carbocycles. The smallest absolute Gasteiger partial charge is 0.0319 e. The van der Waals surface area contributed by atoms with Gasteiger partial charge in [0.2, 0.25) is 0 Å². The molecule has 2 N–H and O–H groups in total. The van der Waals surface area contributed by atoms with E-state index in [4.69, 9.17) is 5.21 Å². The average molecular weight is 87.1 g/mol. The van der Waals surface area contributed by atoms with Crippen LogP contribution >= 0.6 is 0 Å². The fraction of sp³-hybridized carbons (Fsp3) is 1.00. The SMILES string of the molecule is ONC1CCC1. The molecule has 1 aliphatic rings. The van der Waals surface area contributed by atoms with Gasteiger partial charge in [0.1, 0.15) is 0 Å². The van der Waals surface area contributed by atoms with Crippen molar-refractivity contribution in [3.05, 3.63) is 0 Å². The number of nitrogens with one attached hydrogen (secondary N) is 1. The molecule has 0 bridgehead atoms. The van der Waals surface area contributed by atoms with Crippen LogP contribution in [0.25, 0.3) is 0 Å². The van der Waals surface area contributed by atoms with Gasteiger partial charge < -0.3 is 5.21 Å². The Morgan fingerprint density at radius 2 is 2.17 bits per heavy atom. The molecule has 6 heavy (non-hydrogen) atoms. The molecule has 0 radical (unpaired) electrons. The maximum Gasteiger partial charge on any atom is 0.0319 e. The monoisotopic (exact) mass is 87.1 g/mol. The summed E-state index contributed by atoms with van der Waals surface area (Å²) in [5.74, 6) is 0. The number of rotatable bonds is 1. The lowest BCUT2D eigenvalue weighted by Crippen LogP contribution is -2.32. The fourth-order valence-corrected chi connectivity index (χ4v) is 0.537. The van der Waals surface area contributed by atoms with Crippen LogP contribution in [-0.2, 0) is 0 Å². The van der Waals surface area contributed by atoms with Gasteiger partial charge in [-0.15, -0.1) is 0 Å². The Kier molecular flexibility index (Phi) is 1.08. The summed E-state index contributed by atoms with van der Waals surface area (Å²) >= 11 is 0. The average Bonchev–Trinajstić information content (AvgIpc) is 1.31. The van der Waals surface area contributed by atoms with E-state index in [0.717, 1.165) is 12.8 Å². The lowest BCUT2D eigenvalue weighted by molar-refractivity contribution is 0.0893. The summed E-state index contributed by atoms with van der Waals surface area (Å²) in [7, 11) is 0. The first-order valence-electron chi connectivity index (χ1n) is 2.33. The maximum atomic E-state index is 8.14. The second-order valence-corrected chi connectivity index (χ2v) is 1.76. The van der Waals surface area contributed by atoms with Gasteiger partial charge in [0.05, 0.1) is 0 Å². The summed E-state index contributed by atoms with van der Waals surface area (Å²) in [5, 5.41) is 8.14. The van der Waals surface area contributed by atoms with Crippen LogP contribution in [0.5, 0.6) is 0 Å². The van der Waals surface area contributed by atoms with Gasteiger partial charge in [-0.3, -0.25) is 0 Å². The number of hydroxylamine groups is 1. The molecular weight excluding hydrogens is 78.0 g/mol. The Balaban J connectivity index is 2.01. The number of hydrogen-bond donors (Lipinski definition) is 2. The van der Waals surface area contributed by atoms with Crippen molar-refractivity contribution in [3.63, 3.8) is 0 Å². The van der Waals surface area contributed by atoms with Gasteiger partial charge in [-0.1, -0.05) is 6.42 Å². The summed E-state index contributed by atoms with van der Waals surface area (Å²) in [5.41, 5.74) is 2.20. The highest BCUT2D eigenvalue weighted by Crippen LogP contribution is 2.16. The third-order valence-corrected chi connectivity index (χ3v) is 1.29. The minimum absolute atomic E-state index is 0.421. The van der Waals surface area contributed by atoms with Crippen molar-refractivity contribution in [2.45, 2.75) is 25.3 Å². The first-order valence-corrected chi connectivity index (χ1v) is 2.33. The van der Waals surface area contributed by atoms with E-state index in [-0.39, 0.29) is 0 Å². The molecule has 1 saturated carbocycles. The van der Waals surface area contributed by atoms with Crippen molar-refractivity contribution in [3.8, 4) is 0 Å². The Labute approximate surface area is 37.1 Å². The minimum atomic E-state index is 0.421. The molecule has 0 aromatic heterocycles. The van der Waals surface area contributed by atoms with Gasteiger partial charge in [0.25, 0.3) is 0 Å². The zero-order valence-electron chi connectivity index (χ0n) is 3.65. The van der Waals surface area contributed by atoms with E-state index in [1.165, 1.54) is 6.42 Å². The third kappa shape index (κ3) is 0.533. The Morgan fingerprint density at radius 1 is 1.50 bits per heavy atom. The molecule has 0 aromatic rings. The van der Waals surface area contributed by atoms with Gasteiger partial charge in [0.15, 0.2) is 0 Å². The summed E-state index contributed by atoms with van der Waals surface area (Å²) < 4.78 is 0. The molecule has 1 rings (SSSR count). The first-order chi connectivity index (χ1) is 2.93. The molecule has 0 unspecified atom stereocenters. The molecule has 0 spiro atoms. The van der Waals surface area contributed by atoms with Crippen LogP contribution < -0.4 is 5.48 Å². The topological polar surface area (TPSA) is 32.3 Å². The molecule has 0 atom stereocenters. The van der Waals surface area contributed by atoms with Gasteiger partial charge in [0, 0.05) is 6.04 Å². The fourth-order valence-electron chi connectivity index (χ4n) is 0.537. The molecule has 36 valence electrons. The highest BCUT2D eigenvalue weighted by atomic mass is 16.5. The molecule has 0 saturated heterocycles. The molecule has 2 heteroatoms. The quantitative estimate of drug-likeness (QED) is 0.457. The van der Waals surface area contributed by atoms with Gasteiger partial charge in [-0.25, -0.2) is 5.48 Å². The Hall–Kier alpha value is -0.0800. The van der Waals surface area contributed by atoms with E-state index in [2.05, 4.69) is 5.48 Å². The molecule has 2 nitrogen and oxygen atoms in total. The van der Waals surface area contributed by atoms with Crippen molar-refractivity contribution in [2.24, 2.45) is 0 Å². The van der Waals surface area contributed by atoms with Crippen molar-refractivity contribution in [2.75, 3.05) is 0 Å². The zero-order valence-corrected chi connectivity index (χ0v) is 3.65. The highest BCUT2D eigenvalue weighted by Gasteiger charge is 2.14. The van der Waals surface area contributed by atoms with Crippen LogP contribution in [0.3, 0.4) is 0 Å². The van der Waals surface area contributed by atoms with E-state index < -0.39 is 0 Å². The van der Waals surface area contributed by atoms with Crippen molar-refractivity contribution < 1.29 is 5.21 Å². The van der Waals surface area contributed by atoms with Crippen molar-refractivity contribution in [1.29, 1.82) is 0 Å².